The highest BCUT2D eigenvalue weighted by atomic mass is 35.5. The van der Waals surface area contributed by atoms with E-state index in [-0.39, 0.29) is 19.0 Å². The van der Waals surface area contributed by atoms with Crippen molar-refractivity contribution >= 4 is 11.6 Å². The number of aliphatic hydroxyl groups excluding tert-OH is 1. The summed E-state index contributed by atoms with van der Waals surface area (Å²) in [4.78, 5) is 0. The number of ether oxygens (including phenoxy) is 2. The molecular weight excluding hydrogens is 345 g/mol. The molecule has 0 fully saturated rings. The van der Waals surface area contributed by atoms with E-state index in [4.69, 9.17) is 21.1 Å². The molecule has 0 aliphatic carbocycles. The molecule has 136 valence electrons. The summed E-state index contributed by atoms with van der Waals surface area (Å²) in [5.74, 6) is 0.791. The molecule has 0 unspecified atom stereocenters. The monoisotopic (exact) mass is 367 g/mol. The Morgan fingerprint density at radius 1 is 1.16 bits per heavy atom. The summed E-state index contributed by atoms with van der Waals surface area (Å²) in [7, 11) is 1.56. The maximum absolute atomic E-state index is 12.9. The molecule has 0 amide bonds. The minimum absolute atomic E-state index is 0.0145. The summed E-state index contributed by atoms with van der Waals surface area (Å²) in [5.41, 5.74) is 1.28. The van der Waals surface area contributed by atoms with E-state index in [2.05, 4.69) is 5.32 Å². The summed E-state index contributed by atoms with van der Waals surface area (Å²) >= 11 is 6.35. The van der Waals surface area contributed by atoms with Crippen LogP contribution in [0.15, 0.2) is 36.4 Å². The largest absolute Gasteiger partial charge is 0.493 e. The fraction of sp³-hybridized carbons (Fsp3) is 0.368. The smallest absolute Gasteiger partial charge is 0.163 e. The summed E-state index contributed by atoms with van der Waals surface area (Å²) in [5, 5.41) is 13.1. The highest BCUT2D eigenvalue weighted by Gasteiger charge is 2.17. The molecular formula is C19H23ClFNO3. The number of benzene rings is 2. The second-order valence-corrected chi connectivity index (χ2v) is 6.81. The van der Waals surface area contributed by atoms with Gasteiger partial charge in [-0.3, -0.25) is 0 Å². The highest BCUT2D eigenvalue weighted by molar-refractivity contribution is 6.31. The molecule has 6 heteroatoms. The van der Waals surface area contributed by atoms with Crippen molar-refractivity contribution in [2.75, 3.05) is 13.7 Å². The number of rotatable bonds is 8. The van der Waals surface area contributed by atoms with Crippen molar-refractivity contribution in [2.45, 2.75) is 32.5 Å². The third-order valence-corrected chi connectivity index (χ3v) is 4.14. The standard InChI is InChI=1S/C19H23ClFNO3/c1-19(2,12-23)22-10-14-8-17(24-3)18(9-16(14)20)25-11-13-4-6-15(21)7-5-13/h4-9,22-23H,10-12H2,1-3H3. The van der Waals surface area contributed by atoms with Gasteiger partial charge >= 0.3 is 0 Å². The van der Waals surface area contributed by atoms with Gasteiger partial charge in [0.1, 0.15) is 12.4 Å². The number of methoxy groups -OCH3 is 1. The van der Waals surface area contributed by atoms with E-state index in [9.17, 15) is 9.50 Å². The van der Waals surface area contributed by atoms with Crippen LogP contribution in [0, 0.1) is 5.82 Å². The molecule has 0 atom stereocenters. The fourth-order valence-electron chi connectivity index (χ4n) is 2.12. The lowest BCUT2D eigenvalue weighted by atomic mass is 10.1. The van der Waals surface area contributed by atoms with Crippen LogP contribution in [0.4, 0.5) is 4.39 Å². The SMILES string of the molecule is COc1cc(CNC(C)(C)CO)c(Cl)cc1OCc1ccc(F)cc1. The van der Waals surface area contributed by atoms with E-state index in [1.54, 1.807) is 25.3 Å². The Hall–Kier alpha value is -1.82. The molecule has 0 aromatic heterocycles. The molecule has 2 aromatic carbocycles. The average molecular weight is 368 g/mol. The molecule has 0 aliphatic rings. The summed E-state index contributed by atoms with van der Waals surface area (Å²) < 4.78 is 24.1. The van der Waals surface area contributed by atoms with Crippen LogP contribution in [0.1, 0.15) is 25.0 Å². The normalized spacial score (nSPS) is 11.4. The summed E-state index contributed by atoms with van der Waals surface area (Å²) in [6.07, 6.45) is 0. The molecule has 2 aromatic rings. The first-order chi connectivity index (χ1) is 11.8. The second kappa shape index (κ2) is 8.52. The summed E-state index contributed by atoms with van der Waals surface area (Å²) in [6.45, 7) is 4.58. The van der Waals surface area contributed by atoms with Crippen molar-refractivity contribution in [1.29, 1.82) is 0 Å². The first-order valence-electron chi connectivity index (χ1n) is 7.94. The van der Waals surface area contributed by atoms with Crippen molar-refractivity contribution < 1.29 is 19.0 Å². The maximum atomic E-state index is 12.9. The second-order valence-electron chi connectivity index (χ2n) is 6.41. The van der Waals surface area contributed by atoms with Gasteiger partial charge in [0.15, 0.2) is 11.5 Å². The Labute approximate surface area is 152 Å². The van der Waals surface area contributed by atoms with Gasteiger partial charge in [-0.2, -0.15) is 0 Å². The van der Waals surface area contributed by atoms with Crippen LogP contribution < -0.4 is 14.8 Å². The van der Waals surface area contributed by atoms with Gasteiger partial charge in [-0.1, -0.05) is 23.7 Å². The Bertz CT molecular complexity index is 705. The highest BCUT2D eigenvalue weighted by Crippen LogP contribution is 2.34. The van der Waals surface area contributed by atoms with E-state index in [0.717, 1.165) is 11.1 Å². The Balaban J connectivity index is 2.11. The molecule has 0 aliphatic heterocycles. The van der Waals surface area contributed by atoms with Gasteiger partial charge in [0, 0.05) is 23.2 Å². The van der Waals surface area contributed by atoms with Gasteiger partial charge in [0.05, 0.1) is 13.7 Å². The number of aliphatic hydroxyl groups is 1. The Kier molecular flexibility index (Phi) is 6.64. The molecule has 0 saturated carbocycles. The van der Waals surface area contributed by atoms with E-state index in [0.29, 0.717) is 23.1 Å². The molecule has 0 heterocycles. The summed E-state index contributed by atoms with van der Waals surface area (Å²) in [6, 6.07) is 9.62. The van der Waals surface area contributed by atoms with E-state index < -0.39 is 5.54 Å². The Morgan fingerprint density at radius 2 is 1.84 bits per heavy atom. The molecule has 4 nitrogen and oxygen atoms in total. The van der Waals surface area contributed by atoms with Crippen LogP contribution in [0.25, 0.3) is 0 Å². The van der Waals surface area contributed by atoms with E-state index >= 15 is 0 Å². The minimum atomic E-state index is -0.408. The lowest BCUT2D eigenvalue weighted by Crippen LogP contribution is -2.42. The predicted octanol–water partition coefficient (Wildman–Crippen LogP) is 3.93. The van der Waals surface area contributed by atoms with Crippen LogP contribution in [0.3, 0.4) is 0 Å². The predicted molar refractivity (Wildman–Crippen MR) is 96.7 cm³/mol. The van der Waals surface area contributed by atoms with Crippen molar-refractivity contribution in [3.8, 4) is 11.5 Å². The van der Waals surface area contributed by atoms with Gasteiger partial charge in [0.2, 0.25) is 0 Å². The maximum Gasteiger partial charge on any atom is 0.163 e. The molecule has 0 saturated heterocycles. The molecule has 2 rings (SSSR count). The zero-order valence-electron chi connectivity index (χ0n) is 14.6. The fourth-order valence-corrected chi connectivity index (χ4v) is 2.34. The van der Waals surface area contributed by atoms with Gasteiger partial charge < -0.3 is 19.9 Å². The first-order valence-corrected chi connectivity index (χ1v) is 8.32. The lowest BCUT2D eigenvalue weighted by molar-refractivity contribution is 0.187. The van der Waals surface area contributed by atoms with Crippen molar-refractivity contribution in [3.63, 3.8) is 0 Å². The molecule has 0 radical (unpaired) electrons. The first kappa shape index (κ1) is 19.5. The van der Waals surface area contributed by atoms with Crippen LogP contribution in [-0.2, 0) is 13.2 Å². The Morgan fingerprint density at radius 3 is 2.44 bits per heavy atom. The van der Waals surface area contributed by atoms with Gasteiger partial charge in [-0.25, -0.2) is 4.39 Å². The van der Waals surface area contributed by atoms with E-state index in [1.165, 1.54) is 12.1 Å². The third-order valence-electron chi connectivity index (χ3n) is 3.79. The average Bonchev–Trinajstić information content (AvgIpc) is 2.60. The van der Waals surface area contributed by atoms with Gasteiger partial charge in [0.25, 0.3) is 0 Å². The van der Waals surface area contributed by atoms with Gasteiger partial charge in [-0.15, -0.1) is 0 Å². The number of halogens is 2. The zero-order valence-corrected chi connectivity index (χ0v) is 15.4. The van der Waals surface area contributed by atoms with Crippen molar-refractivity contribution in [2.24, 2.45) is 0 Å². The lowest BCUT2D eigenvalue weighted by Gasteiger charge is -2.24. The van der Waals surface area contributed by atoms with Gasteiger partial charge in [-0.05, 0) is 43.2 Å². The third kappa shape index (κ3) is 5.59. The minimum Gasteiger partial charge on any atom is -0.493 e. The molecule has 25 heavy (non-hydrogen) atoms. The van der Waals surface area contributed by atoms with Crippen molar-refractivity contribution in [3.05, 3.63) is 58.4 Å². The van der Waals surface area contributed by atoms with Crippen molar-refractivity contribution in [1.82, 2.24) is 5.32 Å². The van der Waals surface area contributed by atoms with Crippen LogP contribution in [0.2, 0.25) is 5.02 Å². The zero-order chi connectivity index (χ0) is 18.4. The molecule has 2 N–H and O–H groups in total. The topological polar surface area (TPSA) is 50.7 Å². The molecule has 0 bridgehead atoms. The number of hydrogen-bond acceptors (Lipinski definition) is 4. The number of hydrogen-bond donors (Lipinski definition) is 2. The van der Waals surface area contributed by atoms with Crippen LogP contribution >= 0.6 is 11.6 Å². The van der Waals surface area contributed by atoms with Crippen LogP contribution in [-0.4, -0.2) is 24.4 Å². The number of nitrogens with one attached hydrogen (secondary N) is 1. The quantitative estimate of drug-likeness (QED) is 0.742. The van der Waals surface area contributed by atoms with E-state index in [1.807, 2.05) is 19.9 Å². The van der Waals surface area contributed by atoms with Crippen LogP contribution in [0.5, 0.6) is 11.5 Å². The molecule has 0 spiro atoms.